The maximum Gasteiger partial charge on any atom is 0.137 e. The third kappa shape index (κ3) is 3.91. The summed E-state index contributed by atoms with van der Waals surface area (Å²) in [6.45, 7) is 9.99. The quantitative estimate of drug-likeness (QED) is 0.785. The maximum atomic E-state index is 5.99. The number of hydrogen-bond donors (Lipinski definition) is 1. The van der Waals surface area contributed by atoms with E-state index in [9.17, 15) is 0 Å². The van der Waals surface area contributed by atoms with Crippen molar-refractivity contribution < 1.29 is 9.47 Å². The number of likely N-dealkylation sites (N-methyl/N-ethyl adjacent to an activating group) is 1. The summed E-state index contributed by atoms with van der Waals surface area (Å²) >= 11 is 0. The summed E-state index contributed by atoms with van der Waals surface area (Å²) < 4.78 is 11.2. The smallest absolute Gasteiger partial charge is 0.137 e. The Labute approximate surface area is 116 Å². The van der Waals surface area contributed by atoms with Crippen LogP contribution in [-0.2, 0) is 4.74 Å². The molecule has 0 saturated carbocycles. The van der Waals surface area contributed by atoms with E-state index in [1.54, 1.807) is 13.3 Å². The van der Waals surface area contributed by atoms with Gasteiger partial charge in [0.15, 0.2) is 0 Å². The van der Waals surface area contributed by atoms with Gasteiger partial charge in [0.1, 0.15) is 5.75 Å². The molecule has 0 spiro atoms. The molecule has 1 N–H and O–H groups in total. The van der Waals surface area contributed by atoms with E-state index >= 15 is 0 Å². The predicted molar refractivity (Wildman–Crippen MR) is 77.5 cm³/mol. The Morgan fingerprint density at radius 1 is 1.32 bits per heavy atom. The zero-order valence-corrected chi connectivity index (χ0v) is 12.7. The van der Waals surface area contributed by atoms with E-state index in [0.717, 1.165) is 24.3 Å². The summed E-state index contributed by atoms with van der Waals surface area (Å²) in [5, 5.41) is 3.51. The SMILES string of the molecule is CCNC(c1cncc(OC)c1)C(C)(CC)OCC. The molecule has 0 radical (unpaired) electrons. The van der Waals surface area contributed by atoms with Gasteiger partial charge in [-0.05, 0) is 38.4 Å². The standard InChI is InChI=1S/C15H26N2O2/c1-6-15(4,19-8-3)14(17-7-2)12-9-13(18-5)11-16-10-12/h9-11,14,17H,6-8H2,1-5H3. The van der Waals surface area contributed by atoms with Gasteiger partial charge < -0.3 is 14.8 Å². The lowest BCUT2D eigenvalue weighted by molar-refractivity contribution is -0.0561. The lowest BCUT2D eigenvalue weighted by Gasteiger charge is -2.37. The Kier molecular flexibility index (Phi) is 6.25. The van der Waals surface area contributed by atoms with Crippen molar-refractivity contribution in [1.29, 1.82) is 0 Å². The average molecular weight is 266 g/mol. The number of aromatic nitrogens is 1. The zero-order valence-electron chi connectivity index (χ0n) is 12.7. The molecule has 0 bridgehead atoms. The van der Waals surface area contributed by atoms with E-state index in [1.807, 2.05) is 19.2 Å². The Bertz CT molecular complexity index is 384. The van der Waals surface area contributed by atoms with E-state index in [-0.39, 0.29) is 11.6 Å². The Morgan fingerprint density at radius 3 is 2.58 bits per heavy atom. The summed E-state index contributed by atoms with van der Waals surface area (Å²) in [6.07, 6.45) is 4.52. The summed E-state index contributed by atoms with van der Waals surface area (Å²) in [7, 11) is 1.66. The summed E-state index contributed by atoms with van der Waals surface area (Å²) in [6, 6.07) is 2.12. The van der Waals surface area contributed by atoms with Gasteiger partial charge in [0.25, 0.3) is 0 Å². The molecule has 2 unspecified atom stereocenters. The molecule has 108 valence electrons. The van der Waals surface area contributed by atoms with Gasteiger partial charge in [0, 0.05) is 12.8 Å². The highest BCUT2D eigenvalue weighted by Crippen LogP contribution is 2.33. The van der Waals surface area contributed by atoms with Crippen molar-refractivity contribution >= 4 is 0 Å². The summed E-state index contributed by atoms with van der Waals surface area (Å²) in [4.78, 5) is 4.25. The number of methoxy groups -OCH3 is 1. The molecule has 4 heteroatoms. The van der Waals surface area contributed by atoms with Crippen molar-refractivity contribution in [2.45, 2.75) is 45.8 Å². The topological polar surface area (TPSA) is 43.4 Å². The minimum Gasteiger partial charge on any atom is -0.495 e. The first kappa shape index (κ1) is 15.9. The van der Waals surface area contributed by atoms with Crippen molar-refractivity contribution in [3.05, 3.63) is 24.0 Å². The van der Waals surface area contributed by atoms with Crippen molar-refractivity contribution in [2.75, 3.05) is 20.3 Å². The molecule has 0 aromatic carbocycles. The van der Waals surface area contributed by atoms with E-state index in [0.29, 0.717) is 6.61 Å². The van der Waals surface area contributed by atoms with Crippen LogP contribution in [0.3, 0.4) is 0 Å². The minimum atomic E-state index is -0.251. The van der Waals surface area contributed by atoms with Crippen LogP contribution in [-0.4, -0.2) is 30.8 Å². The van der Waals surface area contributed by atoms with Crippen LogP contribution in [0.2, 0.25) is 0 Å². The predicted octanol–water partition coefficient (Wildman–Crippen LogP) is 2.95. The lowest BCUT2D eigenvalue weighted by Crippen LogP contribution is -2.43. The highest BCUT2D eigenvalue weighted by molar-refractivity contribution is 5.27. The zero-order chi connectivity index (χ0) is 14.3. The Balaban J connectivity index is 3.10. The van der Waals surface area contributed by atoms with Crippen LogP contribution in [0.4, 0.5) is 0 Å². The van der Waals surface area contributed by atoms with Crippen molar-refractivity contribution in [2.24, 2.45) is 0 Å². The molecular weight excluding hydrogens is 240 g/mol. The van der Waals surface area contributed by atoms with Gasteiger partial charge >= 0.3 is 0 Å². The van der Waals surface area contributed by atoms with Gasteiger partial charge in [-0.2, -0.15) is 0 Å². The maximum absolute atomic E-state index is 5.99. The monoisotopic (exact) mass is 266 g/mol. The number of hydrogen-bond acceptors (Lipinski definition) is 4. The molecule has 1 heterocycles. The van der Waals surface area contributed by atoms with Crippen LogP contribution in [0.25, 0.3) is 0 Å². The molecule has 2 atom stereocenters. The Hall–Kier alpha value is -1.13. The molecule has 1 aromatic rings. The highest BCUT2D eigenvalue weighted by atomic mass is 16.5. The second-order valence-electron chi connectivity index (χ2n) is 4.75. The van der Waals surface area contributed by atoms with Crippen LogP contribution in [0.15, 0.2) is 18.5 Å². The van der Waals surface area contributed by atoms with Crippen LogP contribution in [0.1, 0.15) is 45.7 Å². The lowest BCUT2D eigenvalue weighted by atomic mass is 9.88. The van der Waals surface area contributed by atoms with Crippen molar-refractivity contribution in [1.82, 2.24) is 10.3 Å². The fourth-order valence-electron chi connectivity index (χ4n) is 2.31. The molecule has 0 saturated heterocycles. The first-order valence-electron chi connectivity index (χ1n) is 6.97. The van der Waals surface area contributed by atoms with Gasteiger partial charge in [-0.1, -0.05) is 13.8 Å². The average Bonchev–Trinajstić information content (AvgIpc) is 2.45. The molecular formula is C15H26N2O2. The number of ether oxygens (including phenoxy) is 2. The van der Waals surface area contributed by atoms with Gasteiger partial charge in [-0.15, -0.1) is 0 Å². The molecule has 0 aliphatic rings. The molecule has 19 heavy (non-hydrogen) atoms. The van der Waals surface area contributed by atoms with Crippen molar-refractivity contribution in [3.63, 3.8) is 0 Å². The minimum absolute atomic E-state index is 0.102. The largest absolute Gasteiger partial charge is 0.495 e. The third-order valence-corrected chi connectivity index (χ3v) is 3.50. The Morgan fingerprint density at radius 2 is 2.05 bits per heavy atom. The summed E-state index contributed by atoms with van der Waals surface area (Å²) in [5.41, 5.74) is 0.845. The van der Waals surface area contributed by atoms with Crippen LogP contribution >= 0.6 is 0 Å². The molecule has 0 amide bonds. The molecule has 1 aromatic heterocycles. The van der Waals surface area contributed by atoms with E-state index < -0.39 is 0 Å². The highest BCUT2D eigenvalue weighted by Gasteiger charge is 2.34. The van der Waals surface area contributed by atoms with Crippen LogP contribution < -0.4 is 10.1 Å². The molecule has 0 fully saturated rings. The van der Waals surface area contributed by atoms with E-state index in [1.165, 1.54) is 0 Å². The molecule has 4 nitrogen and oxygen atoms in total. The van der Waals surface area contributed by atoms with Gasteiger partial charge in [-0.25, -0.2) is 0 Å². The fourth-order valence-corrected chi connectivity index (χ4v) is 2.31. The summed E-state index contributed by atoms with van der Waals surface area (Å²) in [5.74, 6) is 0.773. The van der Waals surface area contributed by atoms with Gasteiger partial charge in [0.2, 0.25) is 0 Å². The molecule has 0 aliphatic carbocycles. The normalized spacial score (nSPS) is 15.8. The first-order valence-corrected chi connectivity index (χ1v) is 6.97. The molecule has 1 rings (SSSR count). The third-order valence-electron chi connectivity index (χ3n) is 3.50. The van der Waals surface area contributed by atoms with Crippen molar-refractivity contribution in [3.8, 4) is 5.75 Å². The first-order chi connectivity index (χ1) is 9.11. The number of pyridine rings is 1. The number of nitrogens with one attached hydrogen (secondary N) is 1. The van der Waals surface area contributed by atoms with Gasteiger partial charge in [0.05, 0.1) is 24.9 Å². The van der Waals surface area contributed by atoms with E-state index in [4.69, 9.17) is 9.47 Å². The number of rotatable bonds is 8. The molecule has 0 aliphatic heterocycles. The van der Waals surface area contributed by atoms with Gasteiger partial charge in [-0.3, -0.25) is 4.98 Å². The van der Waals surface area contributed by atoms with Crippen LogP contribution in [0, 0.1) is 0 Å². The second-order valence-corrected chi connectivity index (χ2v) is 4.75. The number of nitrogens with zero attached hydrogens (tertiary/aromatic N) is 1. The second kappa shape index (κ2) is 7.46. The fraction of sp³-hybridized carbons (Fsp3) is 0.667. The van der Waals surface area contributed by atoms with E-state index in [2.05, 4.69) is 31.1 Å². The van der Waals surface area contributed by atoms with Crippen LogP contribution in [0.5, 0.6) is 5.75 Å².